The Kier molecular flexibility index (Phi) is 4.28. The summed E-state index contributed by atoms with van der Waals surface area (Å²) < 4.78 is 0. The van der Waals surface area contributed by atoms with Crippen LogP contribution in [0, 0.1) is 16.7 Å². The molecule has 0 aromatic carbocycles. The number of carbonyl (C=O) groups is 1. The molecule has 0 aliphatic heterocycles. The minimum Gasteiger partial charge on any atom is -0.295 e. The zero-order chi connectivity index (χ0) is 9.61. The highest BCUT2D eigenvalue weighted by atomic mass is 16.1. The van der Waals surface area contributed by atoms with Crippen LogP contribution in [0.25, 0.3) is 0 Å². The summed E-state index contributed by atoms with van der Waals surface area (Å²) in [5.41, 5.74) is -0.0403. The summed E-state index contributed by atoms with van der Waals surface area (Å²) in [6.07, 6.45) is 4.77. The molecule has 0 amide bonds. The fourth-order valence-electron chi connectivity index (χ4n) is 0.804. The second-order valence-corrected chi connectivity index (χ2v) is 3.59. The summed E-state index contributed by atoms with van der Waals surface area (Å²) >= 11 is 0. The lowest BCUT2D eigenvalue weighted by molar-refractivity contribution is -0.112. The Hall–Kier alpha value is -1.10. The van der Waals surface area contributed by atoms with Gasteiger partial charge in [0.25, 0.3) is 0 Å². The van der Waals surface area contributed by atoms with Gasteiger partial charge in [-0.1, -0.05) is 19.9 Å². The van der Waals surface area contributed by atoms with Gasteiger partial charge in [-0.25, -0.2) is 0 Å². The molecule has 0 saturated heterocycles. The van der Waals surface area contributed by atoms with Crippen LogP contribution < -0.4 is 0 Å². The van der Waals surface area contributed by atoms with E-state index in [2.05, 4.69) is 6.07 Å². The zero-order valence-corrected chi connectivity index (χ0v) is 7.92. The minimum absolute atomic E-state index is 0.0403. The molecule has 0 aromatic heterocycles. The Morgan fingerprint density at radius 2 is 2.17 bits per heavy atom. The van der Waals surface area contributed by atoms with E-state index in [1.807, 2.05) is 19.9 Å². The maximum atomic E-state index is 10.6. The van der Waals surface area contributed by atoms with E-state index < -0.39 is 0 Å². The van der Waals surface area contributed by atoms with Gasteiger partial charge in [-0.3, -0.25) is 4.79 Å². The molecule has 0 aromatic rings. The van der Waals surface area contributed by atoms with Crippen molar-refractivity contribution in [2.75, 3.05) is 0 Å². The van der Waals surface area contributed by atoms with E-state index in [0.717, 1.165) is 6.42 Å². The highest BCUT2D eigenvalue weighted by molar-refractivity contribution is 5.87. The van der Waals surface area contributed by atoms with Crippen molar-refractivity contribution in [3.63, 3.8) is 0 Å². The van der Waals surface area contributed by atoms with Gasteiger partial charge in [0, 0.05) is 6.42 Å². The predicted octanol–water partition coefficient (Wildman–Crippen LogP) is 2.46. The predicted molar refractivity (Wildman–Crippen MR) is 48.4 cm³/mol. The van der Waals surface area contributed by atoms with Crippen molar-refractivity contribution in [2.45, 2.75) is 33.6 Å². The maximum Gasteiger partial charge on any atom is 0.152 e. The first-order chi connectivity index (χ1) is 5.48. The molecule has 0 heterocycles. The summed E-state index contributed by atoms with van der Waals surface area (Å²) in [6.45, 7) is 5.56. The summed E-state index contributed by atoms with van der Waals surface area (Å²) in [5.74, 6) is 0.0556. The van der Waals surface area contributed by atoms with Gasteiger partial charge < -0.3 is 0 Å². The van der Waals surface area contributed by atoms with E-state index in [9.17, 15) is 4.79 Å². The van der Waals surface area contributed by atoms with Crippen LogP contribution in [0.1, 0.15) is 33.6 Å². The molecule has 12 heavy (non-hydrogen) atoms. The molecule has 66 valence electrons. The Morgan fingerprint density at radius 1 is 1.58 bits per heavy atom. The molecule has 0 aliphatic carbocycles. The van der Waals surface area contributed by atoms with E-state index in [1.54, 1.807) is 6.08 Å². The molecular formula is C10H15NO. The van der Waals surface area contributed by atoms with Gasteiger partial charge >= 0.3 is 0 Å². The molecule has 2 nitrogen and oxygen atoms in total. The van der Waals surface area contributed by atoms with Crippen LogP contribution in [0.5, 0.6) is 0 Å². The van der Waals surface area contributed by atoms with Crippen molar-refractivity contribution in [3.05, 3.63) is 12.2 Å². The van der Waals surface area contributed by atoms with Crippen LogP contribution in [0.15, 0.2) is 12.2 Å². The van der Waals surface area contributed by atoms with Crippen LogP contribution in [0.4, 0.5) is 0 Å². The number of carbonyl (C=O) groups excluding carboxylic acids is 1. The second-order valence-electron chi connectivity index (χ2n) is 3.59. The molecule has 0 fully saturated rings. The number of hydrogen-bond donors (Lipinski definition) is 0. The lowest BCUT2D eigenvalue weighted by Gasteiger charge is -2.17. The average Bonchev–Trinajstić information content (AvgIpc) is 1.98. The van der Waals surface area contributed by atoms with Crippen molar-refractivity contribution >= 4 is 5.78 Å². The van der Waals surface area contributed by atoms with E-state index in [4.69, 9.17) is 5.26 Å². The normalized spacial score (nSPS) is 11.5. The number of rotatable bonds is 4. The number of nitriles is 1. The van der Waals surface area contributed by atoms with Crippen molar-refractivity contribution in [3.8, 4) is 6.07 Å². The van der Waals surface area contributed by atoms with E-state index in [0.29, 0.717) is 6.42 Å². The second kappa shape index (κ2) is 4.71. The van der Waals surface area contributed by atoms with E-state index in [-0.39, 0.29) is 11.2 Å². The van der Waals surface area contributed by atoms with E-state index in [1.165, 1.54) is 6.92 Å². The highest BCUT2D eigenvalue weighted by Crippen LogP contribution is 2.23. The van der Waals surface area contributed by atoms with Crippen LogP contribution in [0.2, 0.25) is 0 Å². The van der Waals surface area contributed by atoms with Gasteiger partial charge in [-0.15, -0.1) is 0 Å². The van der Waals surface area contributed by atoms with Gasteiger partial charge in [-0.05, 0) is 24.8 Å². The molecule has 0 saturated carbocycles. The lowest BCUT2D eigenvalue weighted by atomic mass is 9.87. The fraction of sp³-hybridized carbons (Fsp3) is 0.600. The number of nitrogens with zero attached hydrogens (tertiary/aromatic N) is 1. The number of ketones is 1. The Balaban J connectivity index is 4.04. The first kappa shape index (κ1) is 10.9. The maximum absolute atomic E-state index is 10.6. The first-order valence-corrected chi connectivity index (χ1v) is 4.05. The first-order valence-electron chi connectivity index (χ1n) is 4.05. The number of allylic oxidation sites excluding steroid dienone is 2. The SMILES string of the molecule is CC(=O)/C=C/C(C)(C)CCC#N. The van der Waals surface area contributed by atoms with E-state index >= 15 is 0 Å². The molecule has 0 atom stereocenters. The summed E-state index contributed by atoms with van der Waals surface area (Å²) in [7, 11) is 0. The van der Waals surface area contributed by atoms with Crippen LogP contribution in [-0.4, -0.2) is 5.78 Å². The standard InChI is InChI=1S/C10H15NO/c1-9(12)5-7-10(2,3)6-4-8-11/h5,7H,4,6H2,1-3H3/b7-5+. The molecule has 0 rings (SSSR count). The molecule has 0 radical (unpaired) electrons. The Bertz CT molecular complexity index is 220. The minimum atomic E-state index is -0.0403. The van der Waals surface area contributed by atoms with Gasteiger partial charge in [0.15, 0.2) is 5.78 Å². The Morgan fingerprint density at radius 3 is 2.58 bits per heavy atom. The fourth-order valence-corrected chi connectivity index (χ4v) is 0.804. The summed E-state index contributed by atoms with van der Waals surface area (Å²) in [5, 5.41) is 8.37. The smallest absolute Gasteiger partial charge is 0.152 e. The molecule has 2 heteroatoms. The van der Waals surface area contributed by atoms with Gasteiger partial charge in [0.05, 0.1) is 6.07 Å². The third kappa shape index (κ3) is 5.67. The quantitative estimate of drug-likeness (QED) is 0.600. The largest absolute Gasteiger partial charge is 0.295 e. The number of hydrogen-bond acceptors (Lipinski definition) is 2. The molecule has 0 unspecified atom stereocenters. The monoisotopic (exact) mass is 165 g/mol. The zero-order valence-electron chi connectivity index (χ0n) is 7.92. The van der Waals surface area contributed by atoms with Crippen LogP contribution in [0.3, 0.4) is 0 Å². The molecule has 0 spiro atoms. The van der Waals surface area contributed by atoms with Crippen LogP contribution in [-0.2, 0) is 4.79 Å². The summed E-state index contributed by atoms with van der Waals surface area (Å²) in [6, 6.07) is 2.09. The topological polar surface area (TPSA) is 40.9 Å². The molecule has 0 bridgehead atoms. The molecule has 0 aliphatic rings. The van der Waals surface area contributed by atoms with Crippen molar-refractivity contribution in [1.29, 1.82) is 5.26 Å². The van der Waals surface area contributed by atoms with Gasteiger partial charge in [0.1, 0.15) is 0 Å². The third-order valence-electron chi connectivity index (χ3n) is 1.65. The highest BCUT2D eigenvalue weighted by Gasteiger charge is 2.12. The van der Waals surface area contributed by atoms with Crippen molar-refractivity contribution in [1.82, 2.24) is 0 Å². The van der Waals surface area contributed by atoms with Crippen LogP contribution >= 0.6 is 0 Å². The van der Waals surface area contributed by atoms with Crippen molar-refractivity contribution < 1.29 is 4.79 Å². The molecular weight excluding hydrogens is 150 g/mol. The van der Waals surface area contributed by atoms with Crippen molar-refractivity contribution in [2.24, 2.45) is 5.41 Å². The lowest BCUT2D eigenvalue weighted by Crippen LogP contribution is -2.07. The van der Waals surface area contributed by atoms with Gasteiger partial charge in [-0.2, -0.15) is 5.26 Å². The third-order valence-corrected chi connectivity index (χ3v) is 1.65. The van der Waals surface area contributed by atoms with Gasteiger partial charge in [0.2, 0.25) is 0 Å². The Labute approximate surface area is 73.9 Å². The summed E-state index contributed by atoms with van der Waals surface area (Å²) in [4.78, 5) is 10.6. The average molecular weight is 165 g/mol. The molecule has 0 N–H and O–H groups in total.